The van der Waals surface area contributed by atoms with Crippen LogP contribution >= 0.6 is 0 Å². The number of amides is 1. The van der Waals surface area contributed by atoms with Crippen molar-refractivity contribution in [1.29, 1.82) is 0 Å². The zero-order valence-electron chi connectivity index (χ0n) is 14.6. The van der Waals surface area contributed by atoms with Gasteiger partial charge in [-0.05, 0) is 56.9 Å². The highest BCUT2D eigenvalue weighted by Crippen LogP contribution is 2.30. The summed E-state index contributed by atoms with van der Waals surface area (Å²) in [5.74, 6) is -0.276. The van der Waals surface area contributed by atoms with Gasteiger partial charge in [-0.25, -0.2) is 9.07 Å². The zero-order chi connectivity index (χ0) is 17.6. The molecule has 2 aromatic rings. The van der Waals surface area contributed by atoms with E-state index < -0.39 is 0 Å². The molecule has 132 valence electrons. The molecule has 1 amide bonds. The normalized spacial score (nSPS) is 25.2. The third-order valence-electron chi connectivity index (χ3n) is 5.63. The summed E-state index contributed by atoms with van der Waals surface area (Å²) in [4.78, 5) is 14.9. The Balaban J connectivity index is 1.55. The predicted molar refractivity (Wildman–Crippen MR) is 93.3 cm³/mol. The summed E-state index contributed by atoms with van der Waals surface area (Å²) < 4.78 is 14.8. The van der Waals surface area contributed by atoms with Crippen molar-refractivity contribution in [1.82, 2.24) is 20.0 Å². The zero-order valence-corrected chi connectivity index (χ0v) is 14.6. The minimum atomic E-state index is -0.287. The van der Waals surface area contributed by atoms with Gasteiger partial charge in [0.15, 0.2) is 0 Å². The molecule has 1 aromatic carbocycles. The molecule has 25 heavy (non-hydrogen) atoms. The lowest BCUT2D eigenvalue weighted by Crippen LogP contribution is -2.48. The maximum absolute atomic E-state index is 13.1. The fraction of sp³-hybridized carbons (Fsp3) is 0.474. The molecule has 2 fully saturated rings. The molecule has 4 rings (SSSR count). The van der Waals surface area contributed by atoms with Crippen molar-refractivity contribution in [3.05, 3.63) is 47.5 Å². The van der Waals surface area contributed by atoms with Gasteiger partial charge in [-0.3, -0.25) is 4.79 Å². The van der Waals surface area contributed by atoms with Crippen LogP contribution in [0.25, 0.3) is 5.69 Å². The van der Waals surface area contributed by atoms with Crippen LogP contribution in [0.4, 0.5) is 4.39 Å². The van der Waals surface area contributed by atoms with E-state index >= 15 is 0 Å². The molecular weight excluding hydrogens is 319 g/mol. The maximum atomic E-state index is 13.1. The first kappa shape index (κ1) is 16.3. The molecule has 2 saturated heterocycles. The Labute approximate surface area is 146 Å². The van der Waals surface area contributed by atoms with Gasteiger partial charge in [-0.15, -0.1) is 0 Å². The van der Waals surface area contributed by atoms with E-state index in [1.807, 2.05) is 18.9 Å². The summed E-state index contributed by atoms with van der Waals surface area (Å²) in [5, 5.41) is 7.95. The molecule has 2 aliphatic heterocycles. The van der Waals surface area contributed by atoms with Crippen molar-refractivity contribution in [3.8, 4) is 5.69 Å². The van der Waals surface area contributed by atoms with Crippen molar-refractivity contribution >= 4 is 5.91 Å². The number of hydrogen-bond donors (Lipinski definition) is 1. The number of benzene rings is 1. The Morgan fingerprint density at radius 1 is 1.24 bits per heavy atom. The Bertz CT molecular complexity index is 773. The van der Waals surface area contributed by atoms with E-state index in [1.54, 1.807) is 23.0 Å². The standard InChI is InChI=1S/C19H23FN4O/c1-12-18(11-21-24(12)16-7-3-13(20)4-8-16)19(25)23(2)17-9-14-5-6-15(10-17)22-14/h3-4,7-8,11,14-15,17,22H,5-6,9-10H2,1-2H3. The van der Waals surface area contributed by atoms with E-state index in [-0.39, 0.29) is 17.8 Å². The molecule has 6 heteroatoms. The first-order chi connectivity index (χ1) is 12.0. The maximum Gasteiger partial charge on any atom is 0.257 e. The van der Waals surface area contributed by atoms with Crippen molar-refractivity contribution < 1.29 is 9.18 Å². The Morgan fingerprint density at radius 3 is 2.52 bits per heavy atom. The summed E-state index contributed by atoms with van der Waals surface area (Å²) in [5.41, 5.74) is 2.14. The Morgan fingerprint density at radius 2 is 1.88 bits per heavy atom. The summed E-state index contributed by atoms with van der Waals surface area (Å²) in [6.45, 7) is 1.88. The average molecular weight is 342 g/mol. The van der Waals surface area contributed by atoms with E-state index in [0.717, 1.165) is 24.2 Å². The fourth-order valence-electron chi connectivity index (χ4n) is 4.16. The molecule has 2 atom stereocenters. The van der Waals surface area contributed by atoms with E-state index in [0.29, 0.717) is 17.6 Å². The highest BCUT2D eigenvalue weighted by molar-refractivity contribution is 5.95. The van der Waals surface area contributed by atoms with Crippen LogP contribution in [0.3, 0.4) is 0 Å². The quantitative estimate of drug-likeness (QED) is 0.933. The molecule has 0 saturated carbocycles. The van der Waals surface area contributed by atoms with E-state index in [2.05, 4.69) is 10.4 Å². The van der Waals surface area contributed by atoms with Gasteiger partial charge in [0.1, 0.15) is 5.82 Å². The number of aromatic nitrogens is 2. The highest BCUT2D eigenvalue weighted by atomic mass is 19.1. The van der Waals surface area contributed by atoms with Gasteiger partial charge >= 0.3 is 0 Å². The van der Waals surface area contributed by atoms with Gasteiger partial charge in [0.05, 0.1) is 23.1 Å². The van der Waals surface area contributed by atoms with Crippen LogP contribution in [-0.2, 0) is 0 Å². The number of carbonyl (C=O) groups is 1. The molecule has 0 radical (unpaired) electrons. The highest BCUT2D eigenvalue weighted by Gasteiger charge is 2.37. The Kier molecular flexibility index (Phi) is 4.07. The number of nitrogens with zero attached hydrogens (tertiary/aromatic N) is 3. The van der Waals surface area contributed by atoms with Crippen molar-refractivity contribution in [2.75, 3.05) is 7.05 Å². The number of fused-ring (bicyclic) bond motifs is 2. The Hall–Kier alpha value is -2.21. The fourth-order valence-corrected chi connectivity index (χ4v) is 4.16. The number of piperidine rings is 1. The van der Waals surface area contributed by atoms with Gasteiger partial charge in [0, 0.05) is 25.2 Å². The number of hydrogen-bond acceptors (Lipinski definition) is 3. The van der Waals surface area contributed by atoms with Crippen molar-refractivity contribution in [2.24, 2.45) is 0 Å². The van der Waals surface area contributed by atoms with Crippen molar-refractivity contribution in [2.45, 2.75) is 50.7 Å². The first-order valence-corrected chi connectivity index (χ1v) is 8.86. The minimum Gasteiger partial charge on any atom is -0.338 e. The second-order valence-electron chi connectivity index (χ2n) is 7.21. The topological polar surface area (TPSA) is 50.2 Å². The third kappa shape index (κ3) is 2.95. The monoisotopic (exact) mass is 342 g/mol. The van der Waals surface area contributed by atoms with Crippen LogP contribution < -0.4 is 5.32 Å². The molecule has 2 bridgehead atoms. The van der Waals surface area contributed by atoms with Crippen LogP contribution in [0.1, 0.15) is 41.7 Å². The van der Waals surface area contributed by atoms with Gasteiger partial charge in [-0.2, -0.15) is 5.10 Å². The molecule has 1 N–H and O–H groups in total. The minimum absolute atomic E-state index is 0.0113. The van der Waals surface area contributed by atoms with Crippen LogP contribution in [0.5, 0.6) is 0 Å². The largest absolute Gasteiger partial charge is 0.338 e. The van der Waals surface area contributed by atoms with E-state index in [4.69, 9.17) is 0 Å². The van der Waals surface area contributed by atoms with E-state index in [1.165, 1.54) is 25.0 Å². The lowest BCUT2D eigenvalue weighted by molar-refractivity contribution is 0.0681. The smallest absolute Gasteiger partial charge is 0.257 e. The molecule has 5 nitrogen and oxygen atoms in total. The predicted octanol–water partition coefficient (Wildman–Crippen LogP) is 2.67. The molecule has 0 aliphatic carbocycles. The lowest BCUT2D eigenvalue weighted by Gasteiger charge is -2.35. The average Bonchev–Trinajstić information content (AvgIpc) is 3.16. The number of carbonyl (C=O) groups excluding carboxylic acids is 1. The summed E-state index contributed by atoms with van der Waals surface area (Å²) in [6.07, 6.45) is 6.08. The number of halogens is 1. The summed E-state index contributed by atoms with van der Waals surface area (Å²) in [6, 6.07) is 7.49. The third-order valence-corrected chi connectivity index (χ3v) is 5.63. The summed E-state index contributed by atoms with van der Waals surface area (Å²) >= 11 is 0. The molecular formula is C19H23FN4O. The second-order valence-corrected chi connectivity index (χ2v) is 7.21. The van der Waals surface area contributed by atoms with Gasteiger partial charge in [0.2, 0.25) is 0 Å². The number of rotatable bonds is 3. The number of nitrogens with one attached hydrogen (secondary N) is 1. The van der Waals surface area contributed by atoms with Gasteiger partial charge in [0.25, 0.3) is 5.91 Å². The first-order valence-electron chi connectivity index (χ1n) is 8.86. The van der Waals surface area contributed by atoms with E-state index in [9.17, 15) is 9.18 Å². The van der Waals surface area contributed by atoms with Gasteiger partial charge < -0.3 is 10.2 Å². The van der Waals surface area contributed by atoms with Gasteiger partial charge in [-0.1, -0.05) is 0 Å². The molecule has 2 aliphatic rings. The van der Waals surface area contributed by atoms with Crippen molar-refractivity contribution in [3.63, 3.8) is 0 Å². The van der Waals surface area contributed by atoms with Crippen LogP contribution in [0.15, 0.2) is 30.5 Å². The van der Waals surface area contributed by atoms with Crippen LogP contribution in [0, 0.1) is 12.7 Å². The molecule has 3 heterocycles. The molecule has 0 spiro atoms. The van der Waals surface area contributed by atoms with Crippen LogP contribution in [-0.4, -0.2) is 45.8 Å². The lowest BCUT2D eigenvalue weighted by atomic mass is 9.98. The SMILES string of the molecule is Cc1c(C(=O)N(C)C2CC3CCC(C2)N3)cnn1-c1ccc(F)cc1. The molecule has 2 unspecified atom stereocenters. The second kappa shape index (κ2) is 6.26. The molecule has 1 aromatic heterocycles. The summed E-state index contributed by atoms with van der Waals surface area (Å²) in [7, 11) is 1.90. The van der Waals surface area contributed by atoms with Crippen LogP contribution in [0.2, 0.25) is 0 Å².